The number of hydrogen-bond acceptors (Lipinski definition) is 6. The number of ether oxygens (including phenoxy) is 1. The zero-order chi connectivity index (χ0) is 17.2. The quantitative estimate of drug-likeness (QED) is 0.860. The molecule has 8 nitrogen and oxygen atoms in total. The molecule has 0 aromatic carbocycles. The van der Waals surface area contributed by atoms with Crippen molar-refractivity contribution in [1.29, 1.82) is 0 Å². The Labute approximate surface area is 146 Å². The summed E-state index contributed by atoms with van der Waals surface area (Å²) in [4.78, 5) is 22.7. The summed E-state index contributed by atoms with van der Waals surface area (Å²) in [6.07, 6.45) is 5.62. The van der Waals surface area contributed by atoms with Gasteiger partial charge < -0.3 is 15.0 Å². The highest BCUT2D eigenvalue weighted by Gasteiger charge is 2.29. The second-order valence-corrected chi connectivity index (χ2v) is 6.64. The molecule has 2 fully saturated rings. The topological polar surface area (TPSA) is 96.0 Å². The lowest BCUT2D eigenvalue weighted by atomic mass is 10.0. The lowest BCUT2D eigenvalue weighted by Crippen LogP contribution is -2.42. The second-order valence-electron chi connectivity index (χ2n) is 6.64. The first-order valence-corrected chi connectivity index (χ1v) is 8.70. The molecule has 0 unspecified atom stereocenters. The molecule has 0 atom stereocenters. The third kappa shape index (κ3) is 3.57. The van der Waals surface area contributed by atoms with Gasteiger partial charge in [-0.15, -0.1) is 0 Å². The number of amides is 1. The molecule has 2 N–H and O–H groups in total. The number of carbonyl (C=O) groups excluding carboxylic acids is 1. The van der Waals surface area contributed by atoms with E-state index in [0.29, 0.717) is 30.6 Å². The molecule has 0 spiro atoms. The van der Waals surface area contributed by atoms with E-state index < -0.39 is 0 Å². The van der Waals surface area contributed by atoms with Crippen molar-refractivity contribution in [3.63, 3.8) is 0 Å². The lowest BCUT2D eigenvalue weighted by molar-refractivity contribution is 0.0712. The average molecular weight is 342 g/mol. The molecule has 132 valence electrons. The van der Waals surface area contributed by atoms with Crippen molar-refractivity contribution in [2.45, 2.75) is 37.6 Å². The van der Waals surface area contributed by atoms with Crippen LogP contribution in [-0.4, -0.2) is 57.2 Å². The van der Waals surface area contributed by atoms with E-state index in [4.69, 9.17) is 4.74 Å². The number of aromatic nitrogens is 4. The first-order valence-electron chi connectivity index (χ1n) is 8.70. The third-order valence-corrected chi connectivity index (χ3v) is 4.82. The van der Waals surface area contributed by atoms with Crippen LogP contribution >= 0.6 is 0 Å². The fourth-order valence-electron chi connectivity index (χ4n) is 3.18. The number of H-pyrrole nitrogens is 1. The Morgan fingerprint density at radius 1 is 1.24 bits per heavy atom. The first kappa shape index (κ1) is 15.9. The van der Waals surface area contributed by atoms with Crippen LogP contribution in [0.2, 0.25) is 0 Å². The summed E-state index contributed by atoms with van der Waals surface area (Å²) in [7, 11) is 1.58. The summed E-state index contributed by atoms with van der Waals surface area (Å²) < 4.78 is 5.11. The Hall–Kier alpha value is -2.64. The summed E-state index contributed by atoms with van der Waals surface area (Å²) in [5, 5.41) is 10.6. The van der Waals surface area contributed by atoms with E-state index in [-0.39, 0.29) is 11.9 Å². The van der Waals surface area contributed by atoms with Gasteiger partial charge in [0.25, 0.3) is 5.91 Å². The summed E-state index contributed by atoms with van der Waals surface area (Å²) in [5.74, 6) is 1.88. The number of anilines is 1. The fourth-order valence-corrected chi connectivity index (χ4v) is 3.18. The normalized spacial score (nSPS) is 18.2. The predicted molar refractivity (Wildman–Crippen MR) is 91.7 cm³/mol. The third-order valence-electron chi connectivity index (χ3n) is 4.82. The minimum atomic E-state index is 0.0188. The molecule has 3 heterocycles. The van der Waals surface area contributed by atoms with Crippen molar-refractivity contribution >= 4 is 11.7 Å². The molecule has 1 aliphatic carbocycles. The number of nitrogens with zero attached hydrogens (tertiary/aromatic N) is 4. The molecule has 2 aliphatic rings. The first-order chi connectivity index (χ1) is 12.2. The van der Waals surface area contributed by atoms with Gasteiger partial charge in [-0.3, -0.25) is 9.89 Å². The van der Waals surface area contributed by atoms with E-state index in [9.17, 15) is 4.79 Å². The van der Waals surface area contributed by atoms with Crippen LogP contribution in [0.25, 0.3) is 0 Å². The van der Waals surface area contributed by atoms with Crippen LogP contribution in [-0.2, 0) is 0 Å². The number of hydrogen-bond donors (Lipinski definition) is 2. The number of rotatable bonds is 5. The SMILES string of the molecule is COc1cc(NC2CCN(C(=O)c3cc(C4CC4)[nH]n3)CC2)ncn1. The highest BCUT2D eigenvalue weighted by molar-refractivity contribution is 5.92. The van der Waals surface area contributed by atoms with Crippen LogP contribution in [0.1, 0.15) is 47.8 Å². The number of aromatic amines is 1. The van der Waals surface area contributed by atoms with Gasteiger partial charge in [-0.2, -0.15) is 5.10 Å². The van der Waals surface area contributed by atoms with Crippen LogP contribution in [0.5, 0.6) is 5.88 Å². The van der Waals surface area contributed by atoms with Gasteiger partial charge in [0.2, 0.25) is 5.88 Å². The molecule has 1 saturated carbocycles. The van der Waals surface area contributed by atoms with Crippen molar-refractivity contribution in [1.82, 2.24) is 25.1 Å². The van der Waals surface area contributed by atoms with Gasteiger partial charge in [-0.1, -0.05) is 0 Å². The molecular formula is C17H22N6O2. The number of likely N-dealkylation sites (tertiary alicyclic amines) is 1. The number of piperidine rings is 1. The highest BCUT2D eigenvalue weighted by atomic mass is 16.5. The summed E-state index contributed by atoms with van der Waals surface area (Å²) >= 11 is 0. The van der Waals surface area contributed by atoms with Gasteiger partial charge >= 0.3 is 0 Å². The molecule has 1 saturated heterocycles. The van der Waals surface area contributed by atoms with Gasteiger partial charge in [-0.25, -0.2) is 9.97 Å². The highest BCUT2D eigenvalue weighted by Crippen LogP contribution is 2.39. The van der Waals surface area contributed by atoms with Gasteiger partial charge in [0.15, 0.2) is 0 Å². The Bertz CT molecular complexity index is 749. The maximum Gasteiger partial charge on any atom is 0.274 e. The van der Waals surface area contributed by atoms with E-state index in [2.05, 4.69) is 25.5 Å². The summed E-state index contributed by atoms with van der Waals surface area (Å²) in [5.41, 5.74) is 1.63. The molecule has 0 radical (unpaired) electrons. The summed E-state index contributed by atoms with van der Waals surface area (Å²) in [6.45, 7) is 1.43. The zero-order valence-corrected chi connectivity index (χ0v) is 14.2. The Morgan fingerprint density at radius 2 is 2.04 bits per heavy atom. The van der Waals surface area contributed by atoms with Crippen LogP contribution < -0.4 is 10.1 Å². The standard InChI is InChI=1S/C17H22N6O2/c1-25-16-9-15(18-10-19-16)20-12-4-6-23(7-5-12)17(24)14-8-13(21-22-14)11-2-3-11/h8-12H,2-7H2,1H3,(H,21,22)(H,18,19,20). The van der Waals surface area contributed by atoms with Crippen LogP contribution in [0.4, 0.5) is 5.82 Å². The van der Waals surface area contributed by atoms with Crippen LogP contribution in [0.3, 0.4) is 0 Å². The molecule has 8 heteroatoms. The maximum absolute atomic E-state index is 12.6. The van der Waals surface area contributed by atoms with E-state index in [1.807, 2.05) is 11.0 Å². The molecular weight excluding hydrogens is 320 g/mol. The Morgan fingerprint density at radius 3 is 2.76 bits per heavy atom. The monoisotopic (exact) mass is 342 g/mol. The molecule has 1 amide bonds. The van der Waals surface area contributed by atoms with Crippen LogP contribution in [0.15, 0.2) is 18.5 Å². The van der Waals surface area contributed by atoms with Crippen LogP contribution in [0, 0.1) is 0 Å². The van der Waals surface area contributed by atoms with Crippen molar-refractivity contribution in [2.75, 3.05) is 25.5 Å². The smallest absolute Gasteiger partial charge is 0.274 e. The molecule has 2 aromatic heterocycles. The van der Waals surface area contributed by atoms with Crippen molar-refractivity contribution in [2.24, 2.45) is 0 Å². The van der Waals surface area contributed by atoms with Crippen molar-refractivity contribution in [3.05, 3.63) is 29.8 Å². The van der Waals surface area contributed by atoms with Crippen molar-refractivity contribution in [3.8, 4) is 5.88 Å². The van der Waals surface area contributed by atoms with E-state index in [0.717, 1.165) is 24.4 Å². The molecule has 2 aromatic rings. The van der Waals surface area contributed by atoms with Gasteiger partial charge in [-0.05, 0) is 31.7 Å². The minimum Gasteiger partial charge on any atom is -0.481 e. The van der Waals surface area contributed by atoms with E-state index in [1.165, 1.54) is 19.2 Å². The number of nitrogens with one attached hydrogen (secondary N) is 2. The van der Waals surface area contributed by atoms with E-state index >= 15 is 0 Å². The Kier molecular flexibility index (Phi) is 4.25. The number of carbonyl (C=O) groups is 1. The van der Waals surface area contributed by atoms with Gasteiger partial charge in [0.05, 0.1) is 7.11 Å². The minimum absolute atomic E-state index is 0.0188. The van der Waals surface area contributed by atoms with Gasteiger partial charge in [0.1, 0.15) is 17.8 Å². The lowest BCUT2D eigenvalue weighted by Gasteiger charge is -2.32. The molecule has 4 rings (SSSR count). The number of methoxy groups -OCH3 is 1. The second kappa shape index (κ2) is 6.70. The maximum atomic E-state index is 12.6. The van der Waals surface area contributed by atoms with Crippen molar-refractivity contribution < 1.29 is 9.53 Å². The molecule has 0 bridgehead atoms. The average Bonchev–Trinajstić information content (AvgIpc) is 3.39. The largest absolute Gasteiger partial charge is 0.481 e. The fraction of sp³-hybridized carbons (Fsp3) is 0.529. The van der Waals surface area contributed by atoms with E-state index in [1.54, 1.807) is 13.2 Å². The zero-order valence-electron chi connectivity index (χ0n) is 14.2. The predicted octanol–water partition coefficient (Wildman–Crippen LogP) is 1.80. The van der Waals surface area contributed by atoms with Gasteiger partial charge in [0, 0.05) is 36.8 Å². The summed E-state index contributed by atoms with van der Waals surface area (Å²) in [6, 6.07) is 3.97. The molecule has 1 aliphatic heterocycles. The Balaban J connectivity index is 1.31. The molecule has 25 heavy (non-hydrogen) atoms.